The summed E-state index contributed by atoms with van der Waals surface area (Å²) >= 11 is 2.08. The number of amides is 1. The number of methoxy groups -OCH3 is 2. The van der Waals surface area contributed by atoms with Crippen LogP contribution in [0.5, 0.6) is 11.5 Å². The fraction of sp³-hybridized carbons (Fsp3) is 0.125. The standard InChI is InChI=1S/C16H13N3O5S2/c1-23-11-4-3-9(7-12(11)24-2)10-8-25-16(17-10)18-15(20)13-5-6-14(26-13)19(21)22/h3-8H,1-2H3,(H,17,18,20). The third kappa shape index (κ3) is 3.65. The summed E-state index contributed by atoms with van der Waals surface area (Å²) in [6, 6.07) is 8.13. The van der Waals surface area contributed by atoms with Crippen LogP contribution in [0.1, 0.15) is 9.67 Å². The van der Waals surface area contributed by atoms with Gasteiger partial charge in [-0.15, -0.1) is 11.3 Å². The molecule has 0 aliphatic rings. The van der Waals surface area contributed by atoms with Gasteiger partial charge in [-0.2, -0.15) is 0 Å². The molecule has 0 atom stereocenters. The second-order valence-electron chi connectivity index (χ2n) is 4.96. The van der Waals surface area contributed by atoms with E-state index in [2.05, 4.69) is 10.3 Å². The van der Waals surface area contributed by atoms with Crippen LogP contribution in [0.25, 0.3) is 11.3 Å². The molecule has 3 rings (SSSR count). The molecule has 134 valence electrons. The third-order valence-electron chi connectivity index (χ3n) is 3.40. The van der Waals surface area contributed by atoms with E-state index in [1.165, 1.54) is 23.5 Å². The zero-order chi connectivity index (χ0) is 18.7. The number of nitrogens with zero attached hydrogens (tertiary/aromatic N) is 2. The van der Waals surface area contributed by atoms with E-state index in [1.807, 2.05) is 6.07 Å². The highest BCUT2D eigenvalue weighted by molar-refractivity contribution is 7.17. The van der Waals surface area contributed by atoms with Crippen LogP contribution >= 0.6 is 22.7 Å². The van der Waals surface area contributed by atoms with Crippen LogP contribution in [-0.2, 0) is 0 Å². The van der Waals surface area contributed by atoms with Gasteiger partial charge in [-0.3, -0.25) is 20.2 Å². The van der Waals surface area contributed by atoms with Crippen LogP contribution in [0.15, 0.2) is 35.7 Å². The monoisotopic (exact) mass is 391 g/mol. The first kappa shape index (κ1) is 17.8. The fourth-order valence-corrected chi connectivity index (χ4v) is 3.60. The van der Waals surface area contributed by atoms with Crippen molar-refractivity contribution in [2.75, 3.05) is 19.5 Å². The average molecular weight is 391 g/mol. The number of ether oxygens (including phenoxy) is 2. The van der Waals surface area contributed by atoms with Gasteiger partial charge in [0.2, 0.25) is 0 Å². The number of anilines is 1. The molecular weight excluding hydrogens is 378 g/mol. The molecule has 10 heteroatoms. The van der Waals surface area contributed by atoms with Gasteiger partial charge in [0, 0.05) is 17.0 Å². The molecule has 1 aromatic carbocycles. The Labute approximate surface area is 156 Å². The van der Waals surface area contributed by atoms with E-state index >= 15 is 0 Å². The minimum atomic E-state index is -0.528. The summed E-state index contributed by atoms with van der Waals surface area (Å²) in [6.45, 7) is 0. The van der Waals surface area contributed by atoms with Crippen LogP contribution in [0.4, 0.5) is 10.1 Å². The highest BCUT2D eigenvalue weighted by Gasteiger charge is 2.17. The summed E-state index contributed by atoms with van der Waals surface area (Å²) in [5.41, 5.74) is 1.48. The van der Waals surface area contributed by atoms with E-state index in [4.69, 9.17) is 9.47 Å². The van der Waals surface area contributed by atoms with Crippen molar-refractivity contribution in [2.24, 2.45) is 0 Å². The number of benzene rings is 1. The molecule has 2 heterocycles. The lowest BCUT2D eigenvalue weighted by molar-refractivity contribution is -0.380. The molecule has 3 aromatic rings. The first-order valence-electron chi connectivity index (χ1n) is 7.25. The number of thiophene rings is 1. The van der Waals surface area contributed by atoms with Crippen molar-refractivity contribution in [3.05, 3.63) is 50.7 Å². The molecular formula is C16H13N3O5S2. The minimum absolute atomic E-state index is 0.0831. The normalized spacial score (nSPS) is 10.4. The van der Waals surface area contributed by atoms with Crippen LogP contribution in [0.3, 0.4) is 0 Å². The number of hydrogen-bond acceptors (Lipinski definition) is 8. The van der Waals surface area contributed by atoms with Crippen molar-refractivity contribution in [3.8, 4) is 22.8 Å². The Bertz CT molecular complexity index is 966. The van der Waals surface area contributed by atoms with Crippen LogP contribution in [-0.4, -0.2) is 30.0 Å². The number of nitro groups is 1. The predicted octanol–water partition coefficient (Wildman–Crippen LogP) is 4.05. The Morgan fingerprint density at radius 3 is 2.62 bits per heavy atom. The van der Waals surface area contributed by atoms with E-state index in [9.17, 15) is 14.9 Å². The van der Waals surface area contributed by atoms with Gasteiger partial charge in [0.25, 0.3) is 5.91 Å². The van der Waals surface area contributed by atoms with Crippen molar-refractivity contribution in [1.82, 2.24) is 4.98 Å². The molecule has 8 nitrogen and oxygen atoms in total. The molecule has 1 amide bonds. The molecule has 0 saturated carbocycles. The van der Waals surface area contributed by atoms with Gasteiger partial charge in [-0.05, 0) is 24.3 Å². The summed E-state index contributed by atoms with van der Waals surface area (Å²) < 4.78 is 10.5. The van der Waals surface area contributed by atoms with E-state index < -0.39 is 10.8 Å². The van der Waals surface area contributed by atoms with Crippen molar-refractivity contribution in [2.45, 2.75) is 0 Å². The highest BCUT2D eigenvalue weighted by atomic mass is 32.1. The number of carbonyl (C=O) groups is 1. The largest absolute Gasteiger partial charge is 0.493 e. The first-order chi connectivity index (χ1) is 12.5. The van der Waals surface area contributed by atoms with E-state index in [1.54, 1.807) is 31.7 Å². The third-order valence-corrected chi connectivity index (χ3v) is 5.19. The zero-order valence-corrected chi connectivity index (χ0v) is 15.3. The summed E-state index contributed by atoms with van der Waals surface area (Å²) in [5.74, 6) is 0.755. The fourth-order valence-electron chi connectivity index (χ4n) is 2.17. The van der Waals surface area contributed by atoms with E-state index in [0.717, 1.165) is 16.9 Å². The average Bonchev–Trinajstić information content (AvgIpc) is 3.30. The maximum atomic E-state index is 12.2. The molecule has 0 fully saturated rings. The molecule has 0 spiro atoms. The van der Waals surface area contributed by atoms with E-state index in [-0.39, 0.29) is 9.88 Å². The van der Waals surface area contributed by atoms with E-state index in [0.29, 0.717) is 22.3 Å². The Morgan fingerprint density at radius 2 is 1.96 bits per heavy atom. The van der Waals surface area contributed by atoms with Gasteiger partial charge in [0.1, 0.15) is 0 Å². The molecule has 0 radical (unpaired) electrons. The maximum Gasteiger partial charge on any atom is 0.324 e. The Balaban J connectivity index is 1.77. The van der Waals surface area contributed by atoms with Crippen LogP contribution in [0.2, 0.25) is 0 Å². The van der Waals surface area contributed by atoms with Gasteiger partial charge in [0.05, 0.1) is 29.7 Å². The van der Waals surface area contributed by atoms with Gasteiger partial charge < -0.3 is 9.47 Å². The molecule has 0 unspecified atom stereocenters. The highest BCUT2D eigenvalue weighted by Crippen LogP contribution is 2.33. The number of rotatable bonds is 6. The topological polar surface area (TPSA) is 104 Å². The molecule has 0 aliphatic heterocycles. The number of hydrogen-bond donors (Lipinski definition) is 1. The van der Waals surface area contributed by atoms with Gasteiger partial charge in [0.15, 0.2) is 16.6 Å². The Hall–Kier alpha value is -2.98. The van der Waals surface area contributed by atoms with Gasteiger partial charge >= 0.3 is 5.00 Å². The maximum absolute atomic E-state index is 12.2. The van der Waals surface area contributed by atoms with Gasteiger partial charge in [-0.1, -0.05) is 11.3 Å². The number of thiazole rings is 1. The van der Waals surface area contributed by atoms with Crippen molar-refractivity contribution < 1.29 is 19.2 Å². The van der Waals surface area contributed by atoms with Gasteiger partial charge in [-0.25, -0.2) is 4.98 Å². The minimum Gasteiger partial charge on any atom is -0.493 e. The number of aromatic nitrogens is 1. The lowest BCUT2D eigenvalue weighted by Gasteiger charge is -2.08. The van der Waals surface area contributed by atoms with Crippen LogP contribution < -0.4 is 14.8 Å². The molecule has 26 heavy (non-hydrogen) atoms. The summed E-state index contributed by atoms with van der Waals surface area (Å²) in [7, 11) is 3.11. The quantitative estimate of drug-likeness (QED) is 0.502. The van der Waals surface area contributed by atoms with Crippen LogP contribution in [0, 0.1) is 10.1 Å². The molecule has 0 saturated heterocycles. The van der Waals surface area contributed by atoms with Crippen molar-refractivity contribution >= 4 is 38.7 Å². The number of nitrogens with one attached hydrogen (secondary N) is 1. The second kappa shape index (κ2) is 7.50. The smallest absolute Gasteiger partial charge is 0.324 e. The number of carbonyl (C=O) groups excluding carboxylic acids is 1. The zero-order valence-electron chi connectivity index (χ0n) is 13.7. The Kier molecular flexibility index (Phi) is 5.14. The lowest BCUT2D eigenvalue weighted by atomic mass is 10.1. The molecule has 2 aromatic heterocycles. The summed E-state index contributed by atoms with van der Waals surface area (Å²) in [5, 5.41) is 15.5. The Morgan fingerprint density at radius 1 is 1.19 bits per heavy atom. The molecule has 0 aliphatic carbocycles. The second-order valence-corrected chi connectivity index (χ2v) is 6.88. The SMILES string of the molecule is COc1ccc(-c2csc(NC(=O)c3ccc([N+](=O)[O-])s3)n2)cc1OC. The van der Waals surface area contributed by atoms with Crippen molar-refractivity contribution in [3.63, 3.8) is 0 Å². The summed E-state index contributed by atoms with van der Waals surface area (Å²) in [4.78, 5) is 27.0. The predicted molar refractivity (Wildman–Crippen MR) is 99.6 cm³/mol. The first-order valence-corrected chi connectivity index (χ1v) is 8.95. The summed E-state index contributed by atoms with van der Waals surface area (Å²) in [6.07, 6.45) is 0. The van der Waals surface area contributed by atoms with Crippen molar-refractivity contribution in [1.29, 1.82) is 0 Å². The molecule has 0 bridgehead atoms. The molecule has 1 N–H and O–H groups in total. The lowest BCUT2D eigenvalue weighted by Crippen LogP contribution is -2.09.